The maximum atomic E-state index is 13.0. The summed E-state index contributed by atoms with van der Waals surface area (Å²) in [5.41, 5.74) is 3.27. The molecule has 0 saturated carbocycles. The lowest BCUT2D eigenvalue weighted by molar-refractivity contribution is 0.0708. The van der Waals surface area contributed by atoms with Crippen LogP contribution in [-0.2, 0) is 0 Å². The second kappa shape index (κ2) is 8.03. The molecule has 0 radical (unpaired) electrons. The van der Waals surface area contributed by atoms with Crippen molar-refractivity contribution in [1.82, 2.24) is 20.0 Å². The second-order valence-electron chi connectivity index (χ2n) is 7.32. The van der Waals surface area contributed by atoms with Gasteiger partial charge in [0.2, 0.25) is 0 Å². The van der Waals surface area contributed by atoms with E-state index in [1.165, 1.54) is 0 Å². The van der Waals surface area contributed by atoms with Crippen LogP contribution in [-0.4, -0.2) is 46.1 Å². The Morgan fingerprint density at radius 3 is 2.66 bits per heavy atom. The van der Waals surface area contributed by atoms with Gasteiger partial charge < -0.3 is 14.2 Å². The quantitative estimate of drug-likeness (QED) is 0.672. The van der Waals surface area contributed by atoms with E-state index in [1.54, 1.807) is 7.11 Å². The van der Waals surface area contributed by atoms with E-state index in [-0.39, 0.29) is 11.8 Å². The monoisotopic (exact) mass is 392 g/mol. The summed E-state index contributed by atoms with van der Waals surface area (Å²) in [5.74, 6) is 2.26. The largest absolute Gasteiger partial charge is 0.496 e. The number of methoxy groups -OCH3 is 1. The fourth-order valence-electron chi connectivity index (χ4n) is 3.83. The van der Waals surface area contributed by atoms with Crippen molar-refractivity contribution >= 4 is 5.91 Å². The first-order valence-corrected chi connectivity index (χ1v) is 9.76. The average molecular weight is 392 g/mol. The fourth-order valence-corrected chi connectivity index (χ4v) is 3.83. The van der Waals surface area contributed by atoms with Gasteiger partial charge in [0, 0.05) is 31.3 Å². The molecule has 0 N–H and O–H groups in total. The molecular weight excluding hydrogens is 368 g/mol. The van der Waals surface area contributed by atoms with Crippen molar-refractivity contribution in [2.75, 3.05) is 20.2 Å². The van der Waals surface area contributed by atoms with E-state index in [2.05, 4.69) is 10.1 Å². The molecular formula is C22H24N4O3. The number of rotatable bonds is 4. The number of carbonyl (C=O) groups excluding carboxylic acids is 1. The Kier molecular flexibility index (Phi) is 5.29. The van der Waals surface area contributed by atoms with Crippen molar-refractivity contribution in [3.63, 3.8) is 0 Å². The van der Waals surface area contributed by atoms with Crippen LogP contribution in [0.4, 0.5) is 0 Å². The molecule has 0 unspecified atom stereocenters. The second-order valence-corrected chi connectivity index (χ2v) is 7.32. The van der Waals surface area contributed by atoms with Gasteiger partial charge in [0.25, 0.3) is 5.91 Å². The summed E-state index contributed by atoms with van der Waals surface area (Å²) >= 11 is 0. The van der Waals surface area contributed by atoms with Gasteiger partial charge in [-0.2, -0.15) is 0 Å². The molecule has 1 amide bonds. The smallest absolute Gasteiger partial charge is 0.257 e. The summed E-state index contributed by atoms with van der Waals surface area (Å²) in [6.07, 6.45) is 3.47. The van der Waals surface area contributed by atoms with E-state index in [0.29, 0.717) is 30.2 Å². The van der Waals surface area contributed by atoms with Gasteiger partial charge in [-0.05, 0) is 38.8 Å². The van der Waals surface area contributed by atoms with Crippen LogP contribution in [0.1, 0.15) is 46.3 Å². The van der Waals surface area contributed by atoms with Gasteiger partial charge in [0.15, 0.2) is 5.76 Å². The maximum Gasteiger partial charge on any atom is 0.257 e. The molecule has 3 aromatic rings. The average Bonchev–Trinajstić information content (AvgIpc) is 3.19. The van der Waals surface area contributed by atoms with Gasteiger partial charge >= 0.3 is 0 Å². The number of hydrogen-bond donors (Lipinski definition) is 0. The normalized spacial score (nSPS) is 14.8. The highest BCUT2D eigenvalue weighted by Gasteiger charge is 2.29. The van der Waals surface area contributed by atoms with Crippen molar-refractivity contribution in [3.8, 4) is 17.1 Å². The number of piperidine rings is 1. The molecule has 4 rings (SSSR count). The highest BCUT2D eigenvalue weighted by molar-refractivity contribution is 5.97. The molecule has 0 aliphatic carbocycles. The minimum absolute atomic E-state index is 0.00542. The topological polar surface area (TPSA) is 81.4 Å². The molecule has 2 aromatic heterocycles. The number of para-hydroxylation sites is 1. The number of carbonyl (C=O) groups is 1. The molecule has 0 bridgehead atoms. The molecule has 3 heterocycles. The molecule has 0 atom stereocenters. The first kappa shape index (κ1) is 19.1. The van der Waals surface area contributed by atoms with Gasteiger partial charge in [-0.1, -0.05) is 17.3 Å². The van der Waals surface area contributed by atoms with Crippen LogP contribution in [0.5, 0.6) is 5.75 Å². The fraction of sp³-hybridized carbons (Fsp3) is 0.364. The van der Waals surface area contributed by atoms with Crippen LogP contribution in [0, 0.1) is 13.8 Å². The van der Waals surface area contributed by atoms with Crippen molar-refractivity contribution in [1.29, 1.82) is 0 Å². The maximum absolute atomic E-state index is 13.0. The Labute approximate surface area is 169 Å². The van der Waals surface area contributed by atoms with Crippen LogP contribution in [0.15, 0.2) is 41.1 Å². The van der Waals surface area contributed by atoms with E-state index in [1.807, 2.05) is 55.3 Å². The van der Waals surface area contributed by atoms with Gasteiger partial charge in [0.1, 0.15) is 11.6 Å². The van der Waals surface area contributed by atoms with Gasteiger partial charge in [0.05, 0.1) is 29.6 Å². The summed E-state index contributed by atoms with van der Waals surface area (Å²) in [6, 6.07) is 9.25. The van der Waals surface area contributed by atoms with E-state index in [9.17, 15) is 4.79 Å². The Bertz CT molecular complexity index is 1020. The Balaban J connectivity index is 1.53. The standard InChI is InChI=1S/C22H24N4O3/c1-14-12-20(29-25-14)18-13-23-15(2)24-21(18)16-8-10-26(11-9-16)22(27)17-6-4-5-7-19(17)28-3/h4-7,12-13,16H,8-11H2,1-3H3. The molecule has 0 spiro atoms. The lowest BCUT2D eigenvalue weighted by Crippen LogP contribution is -2.38. The van der Waals surface area contributed by atoms with Crippen molar-refractivity contribution < 1.29 is 14.1 Å². The SMILES string of the molecule is COc1ccccc1C(=O)N1CCC(c2nc(C)ncc2-c2cc(C)no2)CC1. The zero-order chi connectivity index (χ0) is 20.4. The van der Waals surface area contributed by atoms with Gasteiger partial charge in [-0.25, -0.2) is 9.97 Å². The van der Waals surface area contributed by atoms with E-state index >= 15 is 0 Å². The molecule has 29 heavy (non-hydrogen) atoms. The van der Waals surface area contributed by atoms with E-state index in [4.69, 9.17) is 14.2 Å². The van der Waals surface area contributed by atoms with Crippen LogP contribution in [0.25, 0.3) is 11.3 Å². The van der Waals surface area contributed by atoms with E-state index in [0.717, 1.165) is 35.6 Å². The molecule has 1 fully saturated rings. The molecule has 7 nitrogen and oxygen atoms in total. The molecule has 7 heteroatoms. The van der Waals surface area contributed by atoms with Crippen molar-refractivity contribution in [2.24, 2.45) is 0 Å². The number of amides is 1. The number of aryl methyl sites for hydroxylation is 2. The molecule has 150 valence electrons. The summed E-state index contributed by atoms with van der Waals surface area (Å²) in [5, 5.41) is 3.99. The molecule has 1 aliphatic heterocycles. The zero-order valence-corrected chi connectivity index (χ0v) is 16.9. The predicted octanol–water partition coefficient (Wildman–Crippen LogP) is 3.78. The third-order valence-electron chi connectivity index (χ3n) is 5.34. The number of ether oxygens (including phenoxy) is 1. The van der Waals surface area contributed by atoms with Gasteiger partial charge in [-0.3, -0.25) is 4.79 Å². The molecule has 1 aliphatic rings. The first-order chi connectivity index (χ1) is 14.1. The van der Waals surface area contributed by atoms with Crippen LogP contribution in [0.2, 0.25) is 0 Å². The van der Waals surface area contributed by atoms with Crippen molar-refractivity contribution in [2.45, 2.75) is 32.6 Å². The van der Waals surface area contributed by atoms with Crippen molar-refractivity contribution in [3.05, 3.63) is 59.3 Å². The lowest BCUT2D eigenvalue weighted by Gasteiger charge is -2.32. The summed E-state index contributed by atoms with van der Waals surface area (Å²) in [7, 11) is 1.59. The van der Waals surface area contributed by atoms with Crippen LogP contribution >= 0.6 is 0 Å². The zero-order valence-electron chi connectivity index (χ0n) is 16.9. The first-order valence-electron chi connectivity index (χ1n) is 9.76. The third kappa shape index (κ3) is 3.85. The Morgan fingerprint density at radius 2 is 1.97 bits per heavy atom. The van der Waals surface area contributed by atoms with E-state index < -0.39 is 0 Å². The Morgan fingerprint density at radius 1 is 1.21 bits per heavy atom. The van der Waals surface area contributed by atoms with Crippen LogP contribution in [0.3, 0.4) is 0 Å². The number of nitrogens with zero attached hydrogens (tertiary/aromatic N) is 4. The van der Waals surface area contributed by atoms with Crippen LogP contribution < -0.4 is 4.74 Å². The highest BCUT2D eigenvalue weighted by atomic mass is 16.5. The third-order valence-corrected chi connectivity index (χ3v) is 5.34. The minimum atomic E-state index is 0.00542. The number of benzene rings is 1. The summed E-state index contributed by atoms with van der Waals surface area (Å²) in [4.78, 5) is 23.9. The summed E-state index contributed by atoms with van der Waals surface area (Å²) in [6.45, 7) is 5.11. The Hall–Kier alpha value is -3.22. The highest BCUT2D eigenvalue weighted by Crippen LogP contribution is 2.34. The summed E-state index contributed by atoms with van der Waals surface area (Å²) < 4.78 is 10.8. The number of aromatic nitrogens is 3. The lowest BCUT2D eigenvalue weighted by atomic mass is 9.90. The van der Waals surface area contributed by atoms with Gasteiger partial charge in [-0.15, -0.1) is 0 Å². The number of hydrogen-bond acceptors (Lipinski definition) is 6. The molecule has 1 saturated heterocycles. The minimum Gasteiger partial charge on any atom is -0.496 e. The number of likely N-dealkylation sites (tertiary alicyclic amines) is 1. The molecule has 1 aromatic carbocycles. The predicted molar refractivity (Wildman–Crippen MR) is 108 cm³/mol.